The van der Waals surface area contributed by atoms with Gasteiger partial charge in [0, 0.05) is 12.1 Å². The minimum atomic E-state index is 0.0196. The van der Waals surface area contributed by atoms with E-state index in [9.17, 15) is 0 Å². The molecule has 0 amide bonds. The average molecular weight is 263 g/mol. The summed E-state index contributed by atoms with van der Waals surface area (Å²) in [5, 5.41) is 20.8. The van der Waals surface area contributed by atoms with Gasteiger partial charge < -0.3 is 10.1 Å². The Bertz CT molecular complexity index is 668. The minimum absolute atomic E-state index is 0.0196. The Labute approximate surface area is 117 Å². The number of nitriles is 2. The number of hydrogen-bond acceptors (Lipinski definition) is 4. The van der Waals surface area contributed by atoms with E-state index in [0.29, 0.717) is 17.9 Å². The molecule has 2 aromatic rings. The second-order valence-electron chi connectivity index (χ2n) is 4.07. The lowest BCUT2D eigenvalue weighted by molar-refractivity contribution is 0.364. The molecule has 0 bridgehead atoms. The highest BCUT2D eigenvalue weighted by Crippen LogP contribution is 2.20. The van der Waals surface area contributed by atoms with Crippen molar-refractivity contribution in [2.75, 3.05) is 11.9 Å². The van der Waals surface area contributed by atoms with Crippen LogP contribution in [0.4, 0.5) is 5.69 Å². The summed E-state index contributed by atoms with van der Waals surface area (Å²) < 4.78 is 5.37. The number of benzene rings is 2. The molecule has 1 N–H and O–H groups in total. The zero-order chi connectivity index (χ0) is 14.2. The summed E-state index contributed by atoms with van der Waals surface area (Å²) in [5.74, 6) is 0.677. The van der Waals surface area contributed by atoms with Gasteiger partial charge in [-0.1, -0.05) is 30.3 Å². The third-order valence-corrected chi connectivity index (χ3v) is 2.78. The smallest absolute Gasteiger partial charge is 0.174 e. The number of nitrogens with one attached hydrogen (secondary N) is 1. The molecule has 98 valence electrons. The summed E-state index contributed by atoms with van der Waals surface area (Å²) in [7, 11) is 0. The number of hydrogen-bond donors (Lipinski definition) is 1. The monoisotopic (exact) mass is 263 g/mol. The fraction of sp³-hybridized carbons (Fsp3) is 0.125. The summed E-state index contributed by atoms with van der Waals surface area (Å²) >= 11 is 0. The van der Waals surface area contributed by atoms with Crippen molar-refractivity contribution < 1.29 is 4.74 Å². The van der Waals surface area contributed by atoms with Gasteiger partial charge in [0.1, 0.15) is 17.9 Å². The first-order valence-electron chi connectivity index (χ1n) is 6.16. The Morgan fingerprint density at radius 1 is 1.00 bits per heavy atom. The van der Waals surface area contributed by atoms with E-state index in [1.807, 2.05) is 48.5 Å². The van der Waals surface area contributed by atoms with Crippen LogP contribution in [-0.2, 0) is 6.54 Å². The first kappa shape index (κ1) is 13.5. The Kier molecular flexibility index (Phi) is 4.59. The van der Waals surface area contributed by atoms with E-state index in [1.54, 1.807) is 6.07 Å². The van der Waals surface area contributed by atoms with Crippen LogP contribution >= 0.6 is 0 Å². The highest BCUT2D eigenvalue weighted by Gasteiger charge is 2.04. The molecule has 0 spiro atoms. The molecule has 0 saturated carbocycles. The quantitative estimate of drug-likeness (QED) is 0.900. The van der Waals surface area contributed by atoms with Crippen molar-refractivity contribution in [1.29, 1.82) is 10.5 Å². The van der Waals surface area contributed by atoms with Gasteiger partial charge in [0.25, 0.3) is 0 Å². The number of rotatable bonds is 5. The van der Waals surface area contributed by atoms with Crippen molar-refractivity contribution in [3.05, 3.63) is 59.7 Å². The molecule has 0 atom stereocenters. The maximum Gasteiger partial charge on any atom is 0.174 e. The SMILES string of the molecule is N#CCOc1ccccc1CNc1ccccc1C#N. The summed E-state index contributed by atoms with van der Waals surface area (Å²) in [6.07, 6.45) is 0. The van der Waals surface area contributed by atoms with Crippen molar-refractivity contribution in [2.45, 2.75) is 6.54 Å². The lowest BCUT2D eigenvalue weighted by atomic mass is 10.1. The summed E-state index contributed by atoms with van der Waals surface area (Å²) in [6.45, 7) is 0.548. The van der Waals surface area contributed by atoms with Crippen LogP contribution in [0.2, 0.25) is 0 Å². The summed E-state index contributed by atoms with van der Waals surface area (Å²) in [4.78, 5) is 0. The molecule has 0 aliphatic carbocycles. The van der Waals surface area contributed by atoms with Crippen LogP contribution in [-0.4, -0.2) is 6.61 Å². The molecule has 0 saturated heterocycles. The van der Waals surface area contributed by atoms with Crippen LogP contribution in [0.15, 0.2) is 48.5 Å². The normalized spacial score (nSPS) is 9.30. The highest BCUT2D eigenvalue weighted by atomic mass is 16.5. The lowest BCUT2D eigenvalue weighted by Gasteiger charge is -2.11. The van der Waals surface area contributed by atoms with Crippen molar-refractivity contribution >= 4 is 5.69 Å². The Morgan fingerprint density at radius 2 is 1.75 bits per heavy atom. The first-order chi connectivity index (χ1) is 9.85. The summed E-state index contributed by atoms with van der Waals surface area (Å²) in [6, 6.07) is 18.9. The van der Waals surface area contributed by atoms with Crippen molar-refractivity contribution in [1.82, 2.24) is 0 Å². The van der Waals surface area contributed by atoms with E-state index in [4.69, 9.17) is 15.3 Å². The van der Waals surface area contributed by atoms with E-state index in [1.165, 1.54) is 0 Å². The van der Waals surface area contributed by atoms with Gasteiger partial charge >= 0.3 is 0 Å². The Balaban J connectivity index is 2.11. The molecule has 0 fully saturated rings. The van der Waals surface area contributed by atoms with E-state index < -0.39 is 0 Å². The van der Waals surface area contributed by atoms with E-state index >= 15 is 0 Å². The lowest BCUT2D eigenvalue weighted by Crippen LogP contribution is -2.04. The molecular formula is C16H13N3O. The minimum Gasteiger partial charge on any atom is -0.478 e. The maximum absolute atomic E-state index is 9.04. The van der Waals surface area contributed by atoms with Crippen molar-refractivity contribution in [3.8, 4) is 17.9 Å². The largest absolute Gasteiger partial charge is 0.478 e. The van der Waals surface area contributed by atoms with Crippen LogP contribution < -0.4 is 10.1 Å². The van der Waals surface area contributed by atoms with Gasteiger partial charge in [0.05, 0.1) is 11.3 Å². The van der Waals surface area contributed by atoms with Crippen molar-refractivity contribution in [3.63, 3.8) is 0 Å². The zero-order valence-electron chi connectivity index (χ0n) is 10.8. The molecule has 0 aliphatic rings. The van der Waals surface area contributed by atoms with Crippen LogP contribution in [0.25, 0.3) is 0 Å². The second-order valence-corrected chi connectivity index (χ2v) is 4.07. The number of anilines is 1. The first-order valence-corrected chi connectivity index (χ1v) is 6.16. The fourth-order valence-corrected chi connectivity index (χ4v) is 1.83. The highest BCUT2D eigenvalue weighted by molar-refractivity contribution is 5.57. The predicted molar refractivity (Wildman–Crippen MR) is 76.0 cm³/mol. The van der Waals surface area contributed by atoms with Gasteiger partial charge in [-0.25, -0.2) is 0 Å². The Morgan fingerprint density at radius 3 is 2.55 bits per heavy atom. The van der Waals surface area contributed by atoms with Gasteiger partial charge in [-0.2, -0.15) is 10.5 Å². The van der Waals surface area contributed by atoms with Crippen LogP contribution in [0, 0.1) is 22.7 Å². The number of ether oxygens (including phenoxy) is 1. The Hall–Kier alpha value is -2.98. The van der Waals surface area contributed by atoms with E-state index in [-0.39, 0.29) is 6.61 Å². The number of nitrogens with zero attached hydrogens (tertiary/aromatic N) is 2. The molecule has 4 heteroatoms. The topological polar surface area (TPSA) is 68.8 Å². The van der Waals surface area contributed by atoms with Crippen LogP contribution in [0.3, 0.4) is 0 Å². The van der Waals surface area contributed by atoms with Gasteiger partial charge in [-0.05, 0) is 18.2 Å². The third kappa shape index (κ3) is 3.28. The van der Waals surface area contributed by atoms with Crippen LogP contribution in [0.5, 0.6) is 5.75 Å². The van der Waals surface area contributed by atoms with Gasteiger partial charge in [0.15, 0.2) is 6.61 Å². The molecule has 2 rings (SSSR count). The van der Waals surface area contributed by atoms with Gasteiger partial charge in [-0.3, -0.25) is 0 Å². The van der Waals surface area contributed by atoms with E-state index in [2.05, 4.69) is 11.4 Å². The van der Waals surface area contributed by atoms with Gasteiger partial charge in [-0.15, -0.1) is 0 Å². The molecule has 0 aliphatic heterocycles. The van der Waals surface area contributed by atoms with Gasteiger partial charge in [0.2, 0.25) is 0 Å². The van der Waals surface area contributed by atoms with E-state index in [0.717, 1.165) is 11.3 Å². The standard InChI is InChI=1S/C16H13N3O/c17-9-10-20-16-8-4-2-6-14(16)12-19-15-7-3-1-5-13(15)11-18/h1-8,19H,10,12H2. The maximum atomic E-state index is 9.04. The molecule has 2 aromatic carbocycles. The second kappa shape index (κ2) is 6.82. The average Bonchev–Trinajstić information content (AvgIpc) is 2.52. The summed E-state index contributed by atoms with van der Waals surface area (Å²) in [5.41, 5.74) is 2.32. The molecule has 20 heavy (non-hydrogen) atoms. The molecular weight excluding hydrogens is 250 g/mol. The molecule has 0 unspecified atom stereocenters. The predicted octanol–water partition coefficient (Wildman–Crippen LogP) is 3.07. The van der Waals surface area contributed by atoms with Crippen LogP contribution in [0.1, 0.15) is 11.1 Å². The van der Waals surface area contributed by atoms with Crippen molar-refractivity contribution in [2.24, 2.45) is 0 Å². The third-order valence-electron chi connectivity index (χ3n) is 2.78. The molecule has 0 heterocycles. The molecule has 4 nitrogen and oxygen atoms in total. The number of para-hydroxylation sites is 2. The fourth-order valence-electron chi connectivity index (χ4n) is 1.83. The molecule has 0 radical (unpaired) electrons. The zero-order valence-corrected chi connectivity index (χ0v) is 10.8. The molecule has 0 aromatic heterocycles.